The average Bonchev–Trinajstić information content (AvgIpc) is 2.70. The van der Waals surface area contributed by atoms with Gasteiger partial charge in [0.15, 0.2) is 5.76 Å². The van der Waals surface area contributed by atoms with Gasteiger partial charge < -0.3 is 14.0 Å². The molecular weight excluding hydrogens is 190 g/mol. The maximum Gasteiger partial charge on any atom is 0.277 e. The zero-order valence-electron chi connectivity index (χ0n) is 8.65. The molecule has 0 saturated heterocycles. The van der Waals surface area contributed by atoms with Crippen LogP contribution in [0.25, 0.3) is 15.8 Å². The third-order valence-corrected chi connectivity index (χ3v) is 2.35. The van der Waals surface area contributed by atoms with Gasteiger partial charge in [0.05, 0.1) is 7.11 Å². The largest absolute Gasteiger partial charge is 0.497 e. The van der Waals surface area contributed by atoms with E-state index in [0.717, 1.165) is 16.7 Å². The number of methoxy groups -OCH3 is 1. The number of furan rings is 1. The van der Waals surface area contributed by atoms with Crippen molar-refractivity contribution in [3.63, 3.8) is 0 Å². The molecule has 3 heteroatoms. The fourth-order valence-electron chi connectivity index (χ4n) is 1.44. The van der Waals surface area contributed by atoms with Gasteiger partial charge in [-0.1, -0.05) is 0 Å². The summed E-state index contributed by atoms with van der Waals surface area (Å²) in [7, 11) is 1.63. The minimum atomic E-state index is -0.233. The van der Waals surface area contributed by atoms with E-state index in [0.29, 0.717) is 5.76 Å². The Morgan fingerprint density at radius 3 is 2.87 bits per heavy atom. The van der Waals surface area contributed by atoms with Crippen molar-refractivity contribution in [3.05, 3.63) is 41.4 Å². The molecule has 3 nitrogen and oxygen atoms in total. The number of hydrogen-bond donors (Lipinski definition) is 0. The van der Waals surface area contributed by atoms with Crippen LogP contribution in [-0.2, 0) is 0 Å². The van der Waals surface area contributed by atoms with Crippen LogP contribution in [0.4, 0.5) is 0 Å². The highest BCUT2D eigenvalue weighted by Gasteiger charge is 2.14. The Kier molecular flexibility index (Phi) is 2.34. The highest BCUT2D eigenvalue weighted by molar-refractivity contribution is 5.79. The van der Waals surface area contributed by atoms with E-state index >= 15 is 0 Å². The molecule has 0 bridgehead atoms. The molecule has 0 aliphatic heterocycles. The Balaban J connectivity index is 2.52. The van der Waals surface area contributed by atoms with Gasteiger partial charge in [0, 0.05) is 12.3 Å². The lowest BCUT2D eigenvalue weighted by molar-refractivity contribution is 0.415. The second-order valence-corrected chi connectivity index (χ2v) is 3.36. The van der Waals surface area contributed by atoms with Crippen LogP contribution in [-0.4, -0.2) is 7.11 Å². The van der Waals surface area contributed by atoms with E-state index in [1.807, 2.05) is 31.2 Å². The SMILES string of the molecule is [C-]#[N+]C(C)c1cc2cc(OC)ccc2o1. The first-order valence-electron chi connectivity index (χ1n) is 4.68. The van der Waals surface area contributed by atoms with Gasteiger partial charge in [-0.3, -0.25) is 0 Å². The van der Waals surface area contributed by atoms with Crippen molar-refractivity contribution in [2.45, 2.75) is 13.0 Å². The van der Waals surface area contributed by atoms with Gasteiger partial charge in [-0.15, -0.1) is 0 Å². The van der Waals surface area contributed by atoms with Gasteiger partial charge in [0.25, 0.3) is 6.04 Å². The summed E-state index contributed by atoms with van der Waals surface area (Å²) in [6.45, 7) is 8.76. The first-order valence-corrected chi connectivity index (χ1v) is 4.68. The molecular formula is C12H11NO2. The minimum Gasteiger partial charge on any atom is -0.497 e. The van der Waals surface area contributed by atoms with Gasteiger partial charge in [-0.05, 0) is 24.3 Å². The molecule has 1 unspecified atom stereocenters. The molecule has 76 valence electrons. The normalized spacial score (nSPS) is 12.3. The van der Waals surface area contributed by atoms with Crippen LogP contribution < -0.4 is 4.74 Å². The summed E-state index contributed by atoms with van der Waals surface area (Å²) in [4.78, 5) is 3.42. The molecule has 0 aliphatic rings. The Hall–Kier alpha value is -1.95. The van der Waals surface area contributed by atoms with Gasteiger partial charge in [-0.2, -0.15) is 0 Å². The number of nitrogens with zero attached hydrogens (tertiary/aromatic N) is 1. The summed E-state index contributed by atoms with van der Waals surface area (Å²) >= 11 is 0. The zero-order chi connectivity index (χ0) is 10.8. The zero-order valence-corrected chi connectivity index (χ0v) is 8.65. The van der Waals surface area contributed by atoms with E-state index in [9.17, 15) is 0 Å². The molecule has 1 aromatic heterocycles. The van der Waals surface area contributed by atoms with Crippen LogP contribution in [0, 0.1) is 6.57 Å². The standard InChI is InChI=1S/C12H11NO2/c1-8(13-2)12-7-9-6-10(14-3)4-5-11(9)15-12/h4-8H,1,3H3. The first kappa shape index (κ1) is 9.60. The third kappa shape index (κ3) is 1.66. The highest BCUT2D eigenvalue weighted by atomic mass is 16.5. The topological polar surface area (TPSA) is 26.7 Å². The molecule has 0 spiro atoms. The minimum absolute atomic E-state index is 0.233. The van der Waals surface area contributed by atoms with Crippen LogP contribution >= 0.6 is 0 Å². The van der Waals surface area contributed by atoms with Crippen LogP contribution in [0.5, 0.6) is 5.75 Å². The van der Waals surface area contributed by atoms with E-state index in [2.05, 4.69) is 4.85 Å². The molecule has 2 rings (SSSR count). The quantitative estimate of drug-likeness (QED) is 0.696. The van der Waals surface area contributed by atoms with Crippen molar-refractivity contribution in [1.82, 2.24) is 0 Å². The number of hydrogen-bond acceptors (Lipinski definition) is 2. The average molecular weight is 201 g/mol. The summed E-state index contributed by atoms with van der Waals surface area (Å²) in [6.07, 6.45) is 0. The van der Waals surface area contributed by atoms with Crippen molar-refractivity contribution < 1.29 is 9.15 Å². The molecule has 1 heterocycles. The molecule has 15 heavy (non-hydrogen) atoms. The maximum atomic E-state index is 6.94. The monoisotopic (exact) mass is 201 g/mol. The maximum absolute atomic E-state index is 6.94. The lowest BCUT2D eigenvalue weighted by Crippen LogP contribution is -1.80. The molecule has 0 amide bonds. The van der Waals surface area contributed by atoms with E-state index in [1.165, 1.54) is 0 Å². The number of benzene rings is 1. The second-order valence-electron chi connectivity index (χ2n) is 3.36. The Morgan fingerprint density at radius 1 is 1.40 bits per heavy atom. The lowest BCUT2D eigenvalue weighted by atomic mass is 10.2. The predicted molar refractivity (Wildman–Crippen MR) is 57.8 cm³/mol. The van der Waals surface area contributed by atoms with Crippen molar-refractivity contribution >= 4 is 11.0 Å². The van der Waals surface area contributed by atoms with Crippen LogP contribution in [0.2, 0.25) is 0 Å². The van der Waals surface area contributed by atoms with Crippen molar-refractivity contribution in [1.29, 1.82) is 0 Å². The smallest absolute Gasteiger partial charge is 0.277 e. The summed E-state index contributed by atoms with van der Waals surface area (Å²) in [5.74, 6) is 1.50. The third-order valence-electron chi connectivity index (χ3n) is 2.35. The summed E-state index contributed by atoms with van der Waals surface area (Å²) in [5, 5.41) is 0.972. The second kappa shape index (κ2) is 3.66. The molecule has 1 atom stereocenters. The van der Waals surface area contributed by atoms with E-state index < -0.39 is 0 Å². The summed E-state index contributed by atoms with van der Waals surface area (Å²) in [5.41, 5.74) is 0.793. The molecule has 0 N–H and O–H groups in total. The van der Waals surface area contributed by atoms with Crippen molar-refractivity contribution in [2.75, 3.05) is 7.11 Å². The van der Waals surface area contributed by atoms with Gasteiger partial charge in [-0.25, -0.2) is 6.57 Å². The van der Waals surface area contributed by atoms with E-state index in [-0.39, 0.29) is 6.04 Å². The van der Waals surface area contributed by atoms with Crippen LogP contribution in [0.3, 0.4) is 0 Å². The fourth-order valence-corrected chi connectivity index (χ4v) is 1.44. The van der Waals surface area contributed by atoms with Gasteiger partial charge in [0.1, 0.15) is 11.3 Å². The Labute approximate surface area is 88.1 Å². The Bertz CT molecular complexity index is 522. The number of ether oxygens (including phenoxy) is 1. The van der Waals surface area contributed by atoms with Crippen LogP contribution in [0.1, 0.15) is 18.7 Å². The van der Waals surface area contributed by atoms with Gasteiger partial charge >= 0.3 is 0 Å². The van der Waals surface area contributed by atoms with Crippen LogP contribution in [0.15, 0.2) is 28.7 Å². The molecule has 1 aromatic carbocycles. The van der Waals surface area contributed by atoms with E-state index in [1.54, 1.807) is 7.11 Å². The molecule has 0 fully saturated rings. The fraction of sp³-hybridized carbons (Fsp3) is 0.250. The highest BCUT2D eigenvalue weighted by Crippen LogP contribution is 2.28. The predicted octanol–water partition coefficient (Wildman–Crippen LogP) is 3.42. The summed E-state index contributed by atoms with van der Waals surface area (Å²) in [6, 6.07) is 7.26. The molecule has 0 radical (unpaired) electrons. The first-order chi connectivity index (χ1) is 7.24. The number of rotatable bonds is 2. The van der Waals surface area contributed by atoms with Crippen molar-refractivity contribution in [2.24, 2.45) is 0 Å². The van der Waals surface area contributed by atoms with Crippen molar-refractivity contribution in [3.8, 4) is 5.75 Å². The molecule has 0 saturated carbocycles. The van der Waals surface area contributed by atoms with Gasteiger partial charge in [0.2, 0.25) is 0 Å². The Morgan fingerprint density at radius 2 is 2.20 bits per heavy atom. The molecule has 0 aliphatic carbocycles. The lowest BCUT2D eigenvalue weighted by Gasteiger charge is -1.96. The molecule has 2 aromatic rings. The summed E-state index contributed by atoms with van der Waals surface area (Å²) < 4.78 is 10.7. The number of fused-ring (bicyclic) bond motifs is 1. The van der Waals surface area contributed by atoms with E-state index in [4.69, 9.17) is 15.7 Å².